The van der Waals surface area contributed by atoms with Crippen LogP contribution in [0.25, 0.3) is 0 Å². The third-order valence-electron chi connectivity index (χ3n) is 2.23. The van der Waals surface area contributed by atoms with Gasteiger partial charge in [-0.25, -0.2) is 9.59 Å². The molecule has 0 aliphatic carbocycles. The van der Waals surface area contributed by atoms with Gasteiger partial charge in [-0.15, -0.1) is 0 Å². The lowest BCUT2D eigenvalue weighted by Crippen LogP contribution is -2.30. The number of ether oxygens (including phenoxy) is 1. The summed E-state index contributed by atoms with van der Waals surface area (Å²) in [6.45, 7) is 2.74. The first-order valence-corrected chi connectivity index (χ1v) is 5.51. The Labute approximate surface area is 105 Å². The van der Waals surface area contributed by atoms with E-state index >= 15 is 0 Å². The van der Waals surface area contributed by atoms with E-state index in [9.17, 15) is 9.59 Å². The number of H-pyrrole nitrogens is 1. The Morgan fingerprint density at radius 3 is 2.83 bits per heavy atom. The van der Waals surface area contributed by atoms with Gasteiger partial charge in [-0.1, -0.05) is 0 Å². The summed E-state index contributed by atoms with van der Waals surface area (Å²) in [4.78, 5) is 25.0. The number of methoxy groups -OCH3 is 1. The van der Waals surface area contributed by atoms with E-state index in [0.717, 1.165) is 0 Å². The molecule has 0 fully saturated rings. The van der Waals surface area contributed by atoms with Gasteiger partial charge in [0.1, 0.15) is 5.69 Å². The number of nitrogens with one attached hydrogen (secondary N) is 3. The molecule has 0 bridgehead atoms. The van der Waals surface area contributed by atoms with Crippen molar-refractivity contribution in [1.82, 2.24) is 10.3 Å². The molecule has 4 N–H and O–H groups in total. The number of carbonyl (C=O) groups excluding carboxylic acids is 1. The minimum Gasteiger partial charge on any atom is -0.477 e. The topological polar surface area (TPSA) is 103 Å². The number of hydrogen-bond acceptors (Lipinski definition) is 3. The van der Waals surface area contributed by atoms with Crippen molar-refractivity contribution >= 4 is 17.7 Å². The van der Waals surface area contributed by atoms with Crippen LogP contribution in [0.5, 0.6) is 0 Å². The van der Waals surface area contributed by atoms with Crippen molar-refractivity contribution in [2.45, 2.75) is 13.3 Å². The highest BCUT2D eigenvalue weighted by molar-refractivity contribution is 5.99. The molecular formula is C11H17N3O4. The fourth-order valence-corrected chi connectivity index (χ4v) is 1.44. The Morgan fingerprint density at radius 1 is 1.50 bits per heavy atom. The first-order valence-electron chi connectivity index (χ1n) is 5.51. The molecule has 0 atom stereocenters. The zero-order valence-corrected chi connectivity index (χ0v) is 10.4. The molecule has 0 radical (unpaired) electrons. The number of aromatic nitrogens is 1. The van der Waals surface area contributed by atoms with Crippen molar-refractivity contribution < 1.29 is 19.4 Å². The van der Waals surface area contributed by atoms with Crippen molar-refractivity contribution in [2.75, 3.05) is 25.6 Å². The van der Waals surface area contributed by atoms with Gasteiger partial charge in [-0.3, -0.25) is 0 Å². The predicted molar refractivity (Wildman–Crippen MR) is 66.0 cm³/mol. The van der Waals surface area contributed by atoms with Crippen LogP contribution >= 0.6 is 0 Å². The summed E-state index contributed by atoms with van der Waals surface area (Å²) < 4.78 is 4.84. The highest BCUT2D eigenvalue weighted by atomic mass is 16.5. The second-order valence-corrected chi connectivity index (χ2v) is 3.77. The molecule has 0 unspecified atom stereocenters. The lowest BCUT2D eigenvalue weighted by molar-refractivity contribution is 0.0692. The summed E-state index contributed by atoms with van der Waals surface area (Å²) >= 11 is 0. The number of amides is 2. The van der Waals surface area contributed by atoms with Gasteiger partial charge < -0.3 is 25.5 Å². The van der Waals surface area contributed by atoms with E-state index in [1.807, 2.05) is 0 Å². The summed E-state index contributed by atoms with van der Waals surface area (Å²) in [6.07, 6.45) is 0.696. The number of aromatic carboxylic acids is 1. The number of hydrogen-bond donors (Lipinski definition) is 4. The van der Waals surface area contributed by atoms with Crippen LogP contribution in [0.15, 0.2) is 6.07 Å². The summed E-state index contributed by atoms with van der Waals surface area (Å²) in [5.74, 6) is -1.11. The first kappa shape index (κ1) is 14.0. The number of carboxylic acid groups (broad SMARTS) is 1. The maximum absolute atomic E-state index is 11.5. The molecule has 18 heavy (non-hydrogen) atoms. The highest BCUT2D eigenvalue weighted by Gasteiger charge is 2.14. The Balaban J connectivity index is 2.51. The normalized spacial score (nSPS) is 10.1. The number of anilines is 1. The van der Waals surface area contributed by atoms with Crippen LogP contribution in [-0.2, 0) is 4.74 Å². The largest absolute Gasteiger partial charge is 0.477 e. The second kappa shape index (κ2) is 6.65. The van der Waals surface area contributed by atoms with E-state index in [0.29, 0.717) is 25.3 Å². The van der Waals surface area contributed by atoms with Crippen LogP contribution in [0.3, 0.4) is 0 Å². The van der Waals surface area contributed by atoms with Gasteiger partial charge in [0.2, 0.25) is 0 Å². The van der Waals surface area contributed by atoms with E-state index in [2.05, 4.69) is 15.6 Å². The zero-order valence-electron chi connectivity index (χ0n) is 10.4. The fourth-order valence-electron chi connectivity index (χ4n) is 1.44. The molecular weight excluding hydrogens is 238 g/mol. The molecule has 0 aromatic carbocycles. The number of aryl methyl sites for hydroxylation is 1. The summed E-state index contributed by atoms with van der Waals surface area (Å²) in [5.41, 5.74) is 0.894. The minimum absolute atomic E-state index is 0.0282. The van der Waals surface area contributed by atoms with Crippen molar-refractivity contribution in [3.05, 3.63) is 17.5 Å². The average molecular weight is 255 g/mol. The molecule has 0 spiro atoms. The second-order valence-electron chi connectivity index (χ2n) is 3.77. The number of urea groups is 1. The number of rotatable bonds is 6. The van der Waals surface area contributed by atoms with Gasteiger partial charge in [0.15, 0.2) is 0 Å². The molecule has 0 aliphatic heterocycles. The van der Waals surface area contributed by atoms with Gasteiger partial charge in [0.05, 0.1) is 5.69 Å². The van der Waals surface area contributed by atoms with Crippen LogP contribution in [0, 0.1) is 6.92 Å². The average Bonchev–Trinajstić information content (AvgIpc) is 2.66. The lowest BCUT2D eigenvalue weighted by atomic mass is 10.3. The Morgan fingerprint density at radius 2 is 2.22 bits per heavy atom. The highest BCUT2D eigenvalue weighted by Crippen LogP contribution is 2.16. The first-order chi connectivity index (χ1) is 8.54. The van der Waals surface area contributed by atoms with Gasteiger partial charge in [0.25, 0.3) is 0 Å². The Bertz CT molecular complexity index is 428. The van der Waals surface area contributed by atoms with E-state index in [4.69, 9.17) is 9.84 Å². The molecule has 0 aliphatic rings. The molecule has 0 saturated carbocycles. The summed E-state index contributed by atoms with van der Waals surface area (Å²) in [6, 6.07) is 1.13. The maximum Gasteiger partial charge on any atom is 0.354 e. The molecule has 0 saturated heterocycles. The molecule has 1 aromatic rings. The van der Waals surface area contributed by atoms with Gasteiger partial charge >= 0.3 is 12.0 Å². The van der Waals surface area contributed by atoms with Crippen molar-refractivity contribution in [2.24, 2.45) is 0 Å². The van der Waals surface area contributed by atoms with Crippen LogP contribution in [0.1, 0.15) is 22.6 Å². The summed E-state index contributed by atoms with van der Waals surface area (Å²) in [7, 11) is 1.59. The van der Waals surface area contributed by atoms with Crippen molar-refractivity contribution in [1.29, 1.82) is 0 Å². The van der Waals surface area contributed by atoms with Crippen LogP contribution in [0.2, 0.25) is 0 Å². The number of aromatic amines is 1. The van der Waals surface area contributed by atoms with Crippen molar-refractivity contribution in [3.8, 4) is 0 Å². The SMILES string of the molecule is COCCCNC(=O)Nc1cc(C)[nH]c1C(=O)O. The minimum atomic E-state index is -1.11. The molecule has 7 heteroatoms. The standard InChI is InChI=1S/C11H17N3O4/c1-7-6-8(9(13-7)10(15)16)14-11(17)12-4-3-5-18-2/h6,13H,3-5H2,1-2H3,(H,15,16)(H2,12,14,17). The monoisotopic (exact) mass is 255 g/mol. The van der Waals surface area contributed by atoms with Crippen LogP contribution in [0.4, 0.5) is 10.5 Å². The zero-order chi connectivity index (χ0) is 13.5. The molecule has 1 heterocycles. The van der Waals surface area contributed by atoms with Gasteiger partial charge in [-0.05, 0) is 19.4 Å². The third-order valence-corrected chi connectivity index (χ3v) is 2.23. The molecule has 100 valence electrons. The van der Waals surface area contributed by atoms with Crippen LogP contribution < -0.4 is 10.6 Å². The molecule has 7 nitrogen and oxygen atoms in total. The van der Waals surface area contributed by atoms with Crippen LogP contribution in [-0.4, -0.2) is 42.4 Å². The van der Waals surface area contributed by atoms with E-state index in [-0.39, 0.29) is 11.4 Å². The van der Waals surface area contributed by atoms with Crippen molar-refractivity contribution in [3.63, 3.8) is 0 Å². The number of carboxylic acids is 1. The van der Waals surface area contributed by atoms with Gasteiger partial charge in [-0.2, -0.15) is 0 Å². The number of carbonyl (C=O) groups is 2. The van der Waals surface area contributed by atoms with Gasteiger partial charge in [0, 0.05) is 26.0 Å². The molecule has 2 amide bonds. The fraction of sp³-hybridized carbons (Fsp3) is 0.455. The lowest BCUT2D eigenvalue weighted by Gasteiger charge is -2.06. The Hall–Kier alpha value is -2.02. The van der Waals surface area contributed by atoms with E-state index in [1.165, 1.54) is 0 Å². The molecule has 1 aromatic heterocycles. The maximum atomic E-state index is 11.5. The van der Waals surface area contributed by atoms with E-state index in [1.54, 1.807) is 20.1 Å². The van der Waals surface area contributed by atoms with E-state index < -0.39 is 12.0 Å². The third kappa shape index (κ3) is 4.10. The predicted octanol–water partition coefficient (Wildman–Crippen LogP) is 1.18. The Kier molecular flexibility index (Phi) is 5.19. The summed E-state index contributed by atoms with van der Waals surface area (Å²) in [5, 5.41) is 14.0. The smallest absolute Gasteiger partial charge is 0.354 e. The molecule has 1 rings (SSSR count). The quantitative estimate of drug-likeness (QED) is 0.573.